The van der Waals surface area contributed by atoms with Crippen molar-refractivity contribution in [1.29, 1.82) is 0 Å². The molecule has 1 amide bonds. The summed E-state index contributed by atoms with van der Waals surface area (Å²) in [5, 5.41) is 6.38. The van der Waals surface area contributed by atoms with Crippen LogP contribution in [0.1, 0.15) is 23.2 Å². The first kappa shape index (κ1) is 12.9. The molecule has 1 saturated heterocycles. The van der Waals surface area contributed by atoms with E-state index in [9.17, 15) is 4.79 Å². The van der Waals surface area contributed by atoms with Crippen molar-refractivity contribution in [3.05, 3.63) is 48.5 Å². The Balaban J connectivity index is 1.73. The highest BCUT2D eigenvalue weighted by molar-refractivity contribution is 5.94. The Morgan fingerprint density at radius 1 is 1.45 bits per heavy atom. The Bertz CT molecular complexity index is 573. The third-order valence-corrected chi connectivity index (χ3v) is 3.54. The highest BCUT2D eigenvalue weighted by Gasteiger charge is 2.16. The number of piperidine rings is 1. The van der Waals surface area contributed by atoms with E-state index in [2.05, 4.69) is 15.6 Å². The molecular formula is C15H18N4O. The van der Waals surface area contributed by atoms with Crippen LogP contribution in [0.5, 0.6) is 0 Å². The van der Waals surface area contributed by atoms with E-state index in [0.717, 1.165) is 31.6 Å². The Morgan fingerprint density at radius 2 is 2.40 bits per heavy atom. The molecule has 3 rings (SSSR count). The highest BCUT2D eigenvalue weighted by Crippen LogP contribution is 2.11. The van der Waals surface area contributed by atoms with E-state index in [-0.39, 0.29) is 11.9 Å². The van der Waals surface area contributed by atoms with Gasteiger partial charge >= 0.3 is 0 Å². The average molecular weight is 270 g/mol. The standard InChI is InChI=1S/C15H18N4O/c20-15(18-13-4-2-6-16-10-13)12-3-1-5-14(9-12)19-8-7-17-11-19/h1,3,5,7-9,11,13,16H,2,4,6,10H2,(H,18,20). The van der Waals surface area contributed by atoms with E-state index >= 15 is 0 Å². The number of benzene rings is 1. The molecule has 1 aromatic heterocycles. The monoisotopic (exact) mass is 270 g/mol. The molecule has 1 fully saturated rings. The summed E-state index contributed by atoms with van der Waals surface area (Å²) >= 11 is 0. The van der Waals surface area contributed by atoms with E-state index in [4.69, 9.17) is 0 Å². The quantitative estimate of drug-likeness (QED) is 0.885. The molecule has 2 heterocycles. The molecule has 0 radical (unpaired) electrons. The number of imidazole rings is 1. The summed E-state index contributed by atoms with van der Waals surface area (Å²) < 4.78 is 1.89. The van der Waals surface area contributed by atoms with Crippen molar-refractivity contribution >= 4 is 5.91 Å². The Morgan fingerprint density at radius 3 is 3.15 bits per heavy atom. The predicted octanol–water partition coefficient (Wildman–Crippen LogP) is 1.35. The van der Waals surface area contributed by atoms with Crippen molar-refractivity contribution in [3.8, 4) is 5.69 Å². The van der Waals surface area contributed by atoms with E-state index < -0.39 is 0 Å². The molecule has 5 heteroatoms. The van der Waals surface area contributed by atoms with Crippen LogP contribution in [-0.2, 0) is 0 Å². The molecule has 0 spiro atoms. The number of rotatable bonds is 3. The Hall–Kier alpha value is -2.14. The lowest BCUT2D eigenvalue weighted by Gasteiger charge is -2.23. The molecule has 1 aromatic carbocycles. The number of carbonyl (C=O) groups excluding carboxylic acids is 1. The van der Waals surface area contributed by atoms with Gasteiger partial charge in [0.05, 0.1) is 6.33 Å². The molecule has 1 aliphatic rings. The number of hydrogen-bond acceptors (Lipinski definition) is 3. The largest absolute Gasteiger partial charge is 0.348 e. The Labute approximate surface area is 118 Å². The molecule has 5 nitrogen and oxygen atoms in total. The first-order chi connectivity index (χ1) is 9.83. The minimum absolute atomic E-state index is 0.0133. The third-order valence-electron chi connectivity index (χ3n) is 3.54. The summed E-state index contributed by atoms with van der Waals surface area (Å²) in [6, 6.07) is 7.80. The lowest BCUT2D eigenvalue weighted by Crippen LogP contribution is -2.45. The predicted molar refractivity (Wildman–Crippen MR) is 76.9 cm³/mol. The second-order valence-electron chi connectivity index (χ2n) is 5.04. The minimum Gasteiger partial charge on any atom is -0.348 e. The summed E-state index contributed by atoms with van der Waals surface area (Å²) in [5.74, 6) is -0.0133. The van der Waals surface area contributed by atoms with Crippen molar-refractivity contribution in [3.63, 3.8) is 0 Å². The van der Waals surface area contributed by atoms with Crippen molar-refractivity contribution in [2.24, 2.45) is 0 Å². The average Bonchev–Trinajstić information content (AvgIpc) is 3.03. The lowest BCUT2D eigenvalue weighted by molar-refractivity contribution is 0.0930. The zero-order chi connectivity index (χ0) is 13.8. The van der Waals surface area contributed by atoms with Gasteiger partial charge in [0.1, 0.15) is 0 Å². The minimum atomic E-state index is -0.0133. The fraction of sp³-hybridized carbons (Fsp3) is 0.333. The molecule has 0 aliphatic carbocycles. The van der Waals surface area contributed by atoms with Crippen LogP contribution in [0.3, 0.4) is 0 Å². The molecule has 20 heavy (non-hydrogen) atoms. The topological polar surface area (TPSA) is 59.0 Å². The van der Waals surface area contributed by atoms with Gasteiger partial charge in [-0.15, -0.1) is 0 Å². The normalized spacial score (nSPS) is 18.7. The van der Waals surface area contributed by atoms with Crippen LogP contribution in [-0.4, -0.2) is 34.6 Å². The van der Waals surface area contributed by atoms with Gasteiger partial charge in [0.15, 0.2) is 0 Å². The summed E-state index contributed by atoms with van der Waals surface area (Å²) in [6.07, 6.45) is 7.46. The number of carbonyl (C=O) groups is 1. The second-order valence-corrected chi connectivity index (χ2v) is 5.04. The maximum absolute atomic E-state index is 12.3. The number of nitrogens with one attached hydrogen (secondary N) is 2. The molecule has 1 atom stereocenters. The molecule has 0 saturated carbocycles. The van der Waals surface area contributed by atoms with Gasteiger partial charge in [-0.05, 0) is 37.6 Å². The molecule has 2 N–H and O–H groups in total. The summed E-state index contributed by atoms with van der Waals surface area (Å²) in [5.41, 5.74) is 1.62. The van der Waals surface area contributed by atoms with Crippen LogP contribution in [0, 0.1) is 0 Å². The van der Waals surface area contributed by atoms with Gasteiger partial charge in [0.25, 0.3) is 5.91 Å². The van der Waals surface area contributed by atoms with Crippen LogP contribution in [0.15, 0.2) is 43.0 Å². The van der Waals surface area contributed by atoms with Gasteiger partial charge in [-0.3, -0.25) is 4.79 Å². The van der Waals surface area contributed by atoms with Crippen molar-refractivity contribution in [2.75, 3.05) is 13.1 Å². The fourth-order valence-corrected chi connectivity index (χ4v) is 2.46. The first-order valence-corrected chi connectivity index (χ1v) is 6.93. The number of hydrogen-bond donors (Lipinski definition) is 2. The molecule has 0 bridgehead atoms. The van der Waals surface area contributed by atoms with Gasteiger partial charge < -0.3 is 15.2 Å². The zero-order valence-corrected chi connectivity index (χ0v) is 11.2. The van der Waals surface area contributed by atoms with Gasteiger partial charge in [-0.25, -0.2) is 4.98 Å². The van der Waals surface area contributed by atoms with Crippen LogP contribution in [0.4, 0.5) is 0 Å². The van der Waals surface area contributed by atoms with Crippen LogP contribution in [0.25, 0.3) is 5.69 Å². The number of amides is 1. The third kappa shape index (κ3) is 2.88. The zero-order valence-electron chi connectivity index (χ0n) is 11.2. The molecule has 1 aliphatic heterocycles. The fourth-order valence-electron chi connectivity index (χ4n) is 2.46. The maximum atomic E-state index is 12.3. The molecule has 104 valence electrons. The first-order valence-electron chi connectivity index (χ1n) is 6.93. The van der Waals surface area contributed by atoms with Gasteiger partial charge in [-0.2, -0.15) is 0 Å². The molecule has 1 unspecified atom stereocenters. The van der Waals surface area contributed by atoms with Crippen molar-refractivity contribution in [2.45, 2.75) is 18.9 Å². The highest BCUT2D eigenvalue weighted by atomic mass is 16.1. The number of aromatic nitrogens is 2. The SMILES string of the molecule is O=C(NC1CCCNC1)c1cccc(-n2ccnc2)c1. The molecular weight excluding hydrogens is 252 g/mol. The summed E-state index contributed by atoms with van der Waals surface area (Å²) in [6.45, 7) is 1.90. The Kier molecular flexibility index (Phi) is 3.78. The van der Waals surface area contributed by atoms with Gasteiger partial charge in [0.2, 0.25) is 0 Å². The maximum Gasteiger partial charge on any atom is 0.251 e. The van der Waals surface area contributed by atoms with Crippen molar-refractivity contribution in [1.82, 2.24) is 20.2 Å². The lowest BCUT2D eigenvalue weighted by atomic mass is 10.1. The van der Waals surface area contributed by atoms with Gasteiger partial charge in [0, 0.05) is 36.2 Å². The van der Waals surface area contributed by atoms with Crippen LogP contribution >= 0.6 is 0 Å². The summed E-state index contributed by atoms with van der Waals surface area (Å²) in [4.78, 5) is 16.3. The van der Waals surface area contributed by atoms with Crippen LogP contribution in [0.2, 0.25) is 0 Å². The van der Waals surface area contributed by atoms with E-state index in [1.165, 1.54) is 0 Å². The van der Waals surface area contributed by atoms with E-state index in [1.54, 1.807) is 12.5 Å². The smallest absolute Gasteiger partial charge is 0.251 e. The van der Waals surface area contributed by atoms with E-state index in [0.29, 0.717) is 5.56 Å². The van der Waals surface area contributed by atoms with E-state index in [1.807, 2.05) is 35.0 Å². The van der Waals surface area contributed by atoms with Crippen molar-refractivity contribution < 1.29 is 4.79 Å². The second kappa shape index (κ2) is 5.88. The summed E-state index contributed by atoms with van der Waals surface area (Å²) in [7, 11) is 0. The molecule has 2 aromatic rings. The van der Waals surface area contributed by atoms with Gasteiger partial charge in [-0.1, -0.05) is 6.07 Å². The number of nitrogens with zero attached hydrogens (tertiary/aromatic N) is 2. The van der Waals surface area contributed by atoms with Crippen LogP contribution < -0.4 is 10.6 Å².